The van der Waals surface area contributed by atoms with Crippen LogP contribution in [-0.2, 0) is 10.4 Å². The van der Waals surface area contributed by atoms with Gasteiger partial charge in [0.2, 0.25) is 0 Å². The van der Waals surface area contributed by atoms with Gasteiger partial charge in [-0.15, -0.1) is 0 Å². The van der Waals surface area contributed by atoms with E-state index in [9.17, 15) is 0 Å². The molecule has 1 aromatic rings. The summed E-state index contributed by atoms with van der Waals surface area (Å²) in [6.45, 7) is 0. The molecular formula is C7H10N2O4S-2. The first kappa shape index (κ1) is 13.0. The summed E-state index contributed by atoms with van der Waals surface area (Å²) in [7, 11) is -5.17. The van der Waals surface area contributed by atoms with E-state index in [1.165, 1.54) is 0 Å². The summed E-state index contributed by atoms with van der Waals surface area (Å²) in [6.07, 6.45) is -0.341. The van der Waals surface area contributed by atoms with Crippen molar-refractivity contribution >= 4 is 10.4 Å². The third-order valence-corrected chi connectivity index (χ3v) is 1.18. The van der Waals surface area contributed by atoms with Gasteiger partial charge in [0.05, 0.1) is 6.17 Å². The van der Waals surface area contributed by atoms with Crippen molar-refractivity contribution in [2.75, 3.05) is 0 Å². The van der Waals surface area contributed by atoms with Crippen LogP contribution in [0.25, 0.3) is 0 Å². The minimum Gasteiger partial charge on any atom is -0.759 e. The molecule has 7 heteroatoms. The fourth-order valence-corrected chi connectivity index (χ4v) is 0.675. The Kier molecular flexibility index (Phi) is 5.28. The molecular weight excluding hydrogens is 208 g/mol. The summed E-state index contributed by atoms with van der Waals surface area (Å²) in [5.41, 5.74) is 11.8. The molecule has 0 aromatic heterocycles. The highest BCUT2D eigenvalue weighted by Crippen LogP contribution is 2.01. The summed E-state index contributed by atoms with van der Waals surface area (Å²) < 4.78 is 34.1. The first-order valence-corrected chi connectivity index (χ1v) is 4.87. The lowest BCUT2D eigenvalue weighted by molar-refractivity contribution is 0.352. The molecule has 80 valence electrons. The molecule has 4 N–H and O–H groups in total. The molecule has 0 aliphatic heterocycles. The highest BCUT2D eigenvalue weighted by atomic mass is 32.3. The first-order valence-electron chi connectivity index (χ1n) is 3.53. The second kappa shape index (κ2) is 5.68. The highest BCUT2D eigenvalue weighted by molar-refractivity contribution is 7.79. The minimum atomic E-state index is -5.17. The van der Waals surface area contributed by atoms with Crippen LogP contribution in [0.5, 0.6) is 0 Å². The predicted molar refractivity (Wildman–Crippen MR) is 48.0 cm³/mol. The average Bonchev–Trinajstić information content (AvgIpc) is 2.03. The molecule has 0 aliphatic carbocycles. The van der Waals surface area contributed by atoms with E-state index in [2.05, 4.69) is 0 Å². The van der Waals surface area contributed by atoms with Gasteiger partial charge in [-0.1, -0.05) is 30.3 Å². The summed E-state index contributed by atoms with van der Waals surface area (Å²) in [6, 6.07) is 9.59. The van der Waals surface area contributed by atoms with Crippen LogP contribution in [0.15, 0.2) is 30.3 Å². The lowest BCUT2D eigenvalue weighted by Crippen LogP contribution is -2.19. The van der Waals surface area contributed by atoms with E-state index in [-0.39, 0.29) is 6.17 Å². The van der Waals surface area contributed by atoms with Crippen molar-refractivity contribution in [2.45, 2.75) is 6.17 Å². The molecule has 0 atom stereocenters. The Morgan fingerprint density at radius 1 is 1.07 bits per heavy atom. The first-order chi connectivity index (χ1) is 6.30. The fourth-order valence-electron chi connectivity index (χ4n) is 0.675. The van der Waals surface area contributed by atoms with Crippen molar-refractivity contribution in [3.63, 3.8) is 0 Å². The number of hydrogen-bond donors (Lipinski definition) is 2. The monoisotopic (exact) mass is 218 g/mol. The van der Waals surface area contributed by atoms with Crippen LogP contribution in [0.1, 0.15) is 11.7 Å². The third-order valence-electron chi connectivity index (χ3n) is 1.18. The van der Waals surface area contributed by atoms with Gasteiger partial charge < -0.3 is 20.6 Å². The van der Waals surface area contributed by atoms with E-state index in [1.54, 1.807) is 0 Å². The Bertz CT molecular complexity index is 341. The third kappa shape index (κ3) is 9.10. The standard InChI is InChI=1S/C7H10N2.H2O4S/c8-7(9)6-4-2-1-3-5-6;1-5(2,3)4/h1-5,7H,8-9H2;(H2,1,2,3,4)/p-2. The molecule has 0 radical (unpaired) electrons. The van der Waals surface area contributed by atoms with E-state index < -0.39 is 10.4 Å². The lowest BCUT2D eigenvalue weighted by atomic mass is 10.2. The maximum absolute atomic E-state index is 8.52. The van der Waals surface area contributed by atoms with E-state index in [0.717, 1.165) is 5.56 Å². The van der Waals surface area contributed by atoms with E-state index >= 15 is 0 Å². The molecule has 0 aliphatic rings. The Hall–Kier alpha value is -0.990. The van der Waals surface area contributed by atoms with Gasteiger partial charge in [-0.25, -0.2) is 0 Å². The molecule has 0 bridgehead atoms. The van der Waals surface area contributed by atoms with Crippen LogP contribution < -0.4 is 11.5 Å². The van der Waals surface area contributed by atoms with Crippen LogP contribution in [-0.4, -0.2) is 17.5 Å². The molecule has 1 rings (SSSR count). The Balaban J connectivity index is 0.000000292. The fraction of sp³-hybridized carbons (Fsp3) is 0.143. The molecule has 0 amide bonds. The van der Waals surface area contributed by atoms with Crippen LogP contribution in [0.3, 0.4) is 0 Å². The zero-order valence-corrected chi connectivity index (χ0v) is 7.98. The lowest BCUT2D eigenvalue weighted by Gasteiger charge is -2.06. The van der Waals surface area contributed by atoms with E-state index in [0.29, 0.717) is 0 Å². The Morgan fingerprint density at radius 3 is 1.64 bits per heavy atom. The van der Waals surface area contributed by atoms with Crippen molar-refractivity contribution in [3.8, 4) is 0 Å². The number of hydrogen-bond acceptors (Lipinski definition) is 6. The normalized spacial score (nSPS) is 10.6. The van der Waals surface area contributed by atoms with Crippen molar-refractivity contribution in [1.29, 1.82) is 0 Å². The van der Waals surface area contributed by atoms with Gasteiger partial charge in [-0.2, -0.15) is 0 Å². The van der Waals surface area contributed by atoms with Crippen molar-refractivity contribution in [3.05, 3.63) is 35.9 Å². The summed E-state index contributed by atoms with van der Waals surface area (Å²) in [4.78, 5) is 0. The maximum atomic E-state index is 8.52. The maximum Gasteiger partial charge on any atom is 0.0784 e. The molecule has 0 spiro atoms. The largest absolute Gasteiger partial charge is 0.759 e. The van der Waals surface area contributed by atoms with Crippen LogP contribution in [0.4, 0.5) is 0 Å². The quantitative estimate of drug-likeness (QED) is 0.362. The van der Waals surface area contributed by atoms with Gasteiger partial charge in [0, 0.05) is 10.4 Å². The predicted octanol–water partition coefficient (Wildman–Crippen LogP) is -0.735. The van der Waals surface area contributed by atoms with Crippen molar-refractivity contribution in [1.82, 2.24) is 0 Å². The number of nitrogens with two attached hydrogens (primary N) is 2. The molecule has 0 unspecified atom stereocenters. The van der Waals surface area contributed by atoms with Gasteiger partial charge in [-0.05, 0) is 5.56 Å². The zero-order valence-electron chi connectivity index (χ0n) is 7.16. The van der Waals surface area contributed by atoms with Crippen molar-refractivity contribution in [2.24, 2.45) is 11.5 Å². The summed E-state index contributed by atoms with van der Waals surface area (Å²) >= 11 is 0. The topological polar surface area (TPSA) is 132 Å². The second-order valence-corrected chi connectivity index (χ2v) is 3.16. The van der Waals surface area contributed by atoms with Gasteiger partial charge in [-0.3, -0.25) is 8.42 Å². The highest BCUT2D eigenvalue weighted by Gasteiger charge is 1.93. The van der Waals surface area contributed by atoms with Crippen LogP contribution in [0, 0.1) is 0 Å². The second-order valence-electron chi connectivity index (χ2n) is 2.34. The van der Waals surface area contributed by atoms with E-state index in [1.807, 2.05) is 30.3 Å². The molecule has 0 saturated carbocycles. The SMILES string of the molecule is NC(N)c1ccccc1.O=S(=O)([O-])[O-]. The minimum absolute atomic E-state index is 0.341. The molecule has 6 nitrogen and oxygen atoms in total. The van der Waals surface area contributed by atoms with Crippen LogP contribution in [0.2, 0.25) is 0 Å². The smallest absolute Gasteiger partial charge is 0.0784 e. The van der Waals surface area contributed by atoms with Crippen LogP contribution >= 0.6 is 0 Å². The molecule has 0 saturated heterocycles. The molecule has 14 heavy (non-hydrogen) atoms. The molecule has 0 heterocycles. The number of benzene rings is 1. The molecule has 1 aromatic carbocycles. The Morgan fingerprint density at radius 2 is 1.43 bits per heavy atom. The van der Waals surface area contributed by atoms with Gasteiger partial charge >= 0.3 is 0 Å². The zero-order chi connectivity index (χ0) is 11.2. The van der Waals surface area contributed by atoms with Crippen molar-refractivity contribution < 1.29 is 17.5 Å². The molecule has 0 fully saturated rings. The van der Waals surface area contributed by atoms with Gasteiger partial charge in [0.15, 0.2) is 0 Å². The van der Waals surface area contributed by atoms with Gasteiger partial charge in [0.25, 0.3) is 0 Å². The summed E-state index contributed by atoms with van der Waals surface area (Å²) in [5, 5.41) is 0. The number of rotatable bonds is 1. The Labute approximate surface area is 82.1 Å². The average molecular weight is 218 g/mol. The van der Waals surface area contributed by atoms with E-state index in [4.69, 9.17) is 29.0 Å². The summed E-state index contributed by atoms with van der Waals surface area (Å²) in [5.74, 6) is 0. The van der Waals surface area contributed by atoms with Gasteiger partial charge in [0.1, 0.15) is 0 Å².